The number of aromatic nitrogens is 1. The predicted octanol–water partition coefficient (Wildman–Crippen LogP) is 5.16. The molecule has 0 saturated carbocycles. The number of amides is 1. The highest BCUT2D eigenvalue weighted by molar-refractivity contribution is 7.91. The first kappa shape index (κ1) is 29.5. The highest BCUT2D eigenvalue weighted by atomic mass is 32.2. The minimum Gasteiger partial charge on any atom is -0.383 e. The smallest absolute Gasteiger partial charge is 0.383 e. The topological polar surface area (TPSA) is 88.6 Å². The van der Waals surface area contributed by atoms with Gasteiger partial charge in [-0.1, -0.05) is 31.2 Å². The van der Waals surface area contributed by atoms with Crippen molar-refractivity contribution in [3.63, 3.8) is 0 Å². The third-order valence-corrected chi connectivity index (χ3v) is 8.77. The lowest BCUT2D eigenvalue weighted by Gasteiger charge is -2.25. The Morgan fingerprint density at radius 2 is 1.73 bits per heavy atom. The van der Waals surface area contributed by atoms with E-state index < -0.39 is 21.6 Å². The van der Waals surface area contributed by atoms with Crippen molar-refractivity contribution < 1.29 is 31.1 Å². The summed E-state index contributed by atoms with van der Waals surface area (Å²) >= 11 is 0. The van der Waals surface area contributed by atoms with Crippen molar-refractivity contribution in [3.05, 3.63) is 83.6 Å². The number of halogens is 3. The number of methoxy groups -OCH3 is 1. The lowest BCUT2D eigenvalue weighted by atomic mass is 9.96. The molecular formula is C29H32F3N3O4S. The van der Waals surface area contributed by atoms with E-state index in [1.54, 1.807) is 38.4 Å². The number of anilines is 2. The second kappa shape index (κ2) is 12.4. The lowest BCUT2D eigenvalue weighted by molar-refractivity contribution is -0.137. The Balaban J connectivity index is 1.36. The monoisotopic (exact) mass is 575 g/mol. The van der Waals surface area contributed by atoms with Crippen molar-refractivity contribution in [2.24, 2.45) is 5.92 Å². The molecule has 2 atom stereocenters. The fourth-order valence-electron chi connectivity index (χ4n) is 4.96. The van der Waals surface area contributed by atoms with Gasteiger partial charge in [0, 0.05) is 13.7 Å². The molecule has 2 heterocycles. The summed E-state index contributed by atoms with van der Waals surface area (Å²) in [6, 6.07) is 15.3. The molecule has 214 valence electrons. The summed E-state index contributed by atoms with van der Waals surface area (Å²) in [5.41, 5.74) is 1.42. The second-order valence-electron chi connectivity index (χ2n) is 9.94. The van der Waals surface area contributed by atoms with Crippen molar-refractivity contribution >= 4 is 27.2 Å². The Morgan fingerprint density at radius 3 is 2.30 bits per heavy atom. The van der Waals surface area contributed by atoms with Crippen LogP contribution in [0.5, 0.6) is 0 Å². The first-order valence-corrected chi connectivity index (χ1v) is 14.6. The number of benzene rings is 2. The Bertz CT molecular complexity index is 1390. The molecule has 1 aromatic heterocycles. The number of hydrogen-bond acceptors (Lipinski definition) is 6. The van der Waals surface area contributed by atoms with Gasteiger partial charge in [0.1, 0.15) is 5.82 Å². The highest BCUT2D eigenvalue weighted by Gasteiger charge is 2.34. The zero-order chi connectivity index (χ0) is 28.9. The normalized spacial score (nSPS) is 17.7. The molecule has 1 unspecified atom stereocenters. The molecule has 1 fully saturated rings. The summed E-state index contributed by atoms with van der Waals surface area (Å²) in [6.07, 6.45) is -1.23. The Kier molecular flexibility index (Phi) is 9.15. The number of carbonyl (C=O) groups is 1. The summed E-state index contributed by atoms with van der Waals surface area (Å²) in [7, 11) is -1.67. The average Bonchev–Trinajstić information content (AvgIpc) is 3.31. The minimum absolute atomic E-state index is 0.0132. The first-order chi connectivity index (χ1) is 19.0. The van der Waals surface area contributed by atoms with Gasteiger partial charge in [0.2, 0.25) is 5.91 Å². The summed E-state index contributed by atoms with van der Waals surface area (Å²) in [4.78, 5) is 19.5. The molecule has 1 aliphatic heterocycles. The number of pyridine rings is 1. The number of nitrogens with zero attached hydrogens (tertiary/aromatic N) is 2. The number of alkyl halides is 3. The zero-order valence-electron chi connectivity index (χ0n) is 22.3. The number of carbonyl (C=O) groups excluding carboxylic acids is 1. The Morgan fingerprint density at radius 1 is 1.05 bits per heavy atom. The van der Waals surface area contributed by atoms with Crippen LogP contribution in [0, 0.1) is 5.92 Å². The molecule has 1 N–H and O–H groups in total. The van der Waals surface area contributed by atoms with Gasteiger partial charge >= 0.3 is 6.18 Å². The standard InChI is InChI=1S/C29H32F3N3O4S/c1-3-40(37,38)26-11-6-21(7-12-26)16-28(36)34-24-10-13-27(33-17-24)35-18-22(15-25(35)19-39-2)14-20-4-8-23(9-5-20)29(30,31)32/h4-13,17,22,25H,3,14-16,18-19H2,1-2H3,(H,34,36)/t22?,25-/m0/s1. The molecule has 3 aromatic rings. The zero-order valence-corrected chi connectivity index (χ0v) is 23.1. The molecular weight excluding hydrogens is 543 g/mol. The quantitative estimate of drug-likeness (QED) is 0.359. The molecule has 1 saturated heterocycles. The van der Waals surface area contributed by atoms with Gasteiger partial charge in [-0.05, 0) is 66.3 Å². The van der Waals surface area contributed by atoms with E-state index in [1.165, 1.54) is 24.3 Å². The van der Waals surface area contributed by atoms with Crippen LogP contribution in [0.2, 0.25) is 0 Å². The van der Waals surface area contributed by atoms with Gasteiger partial charge in [-0.15, -0.1) is 0 Å². The molecule has 2 aromatic carbocycles. The highest BCUT2D eigenvalue weighted by Crippen LogP contribution is 2.33. The summed E-state index contributed by atoms with van der Waals surface area (Å²) in [6.45, 7) is 2.75. The van der Waals surface area contributed by atoms with Crippen molar-refractivity contribution in [1.82, 2.24) is 4.98 Å². The SMILES string of the molecule is CCS(=O)(=O)c1ccc(CC(=O)Nc2ccc(N3CC(Cc4ccc(C(F)(F)F)cc4)C[C@H]3COC)nc2)cc1. The molecule has 0 bridgehead atoms. The number of hydrogen-bond donors (Lipinski definition) is 1. The van der Waals surface area contributed by atoms with Gasteiger partial charge < -0.3 is 15.0 Å². The summed E-state index contributed by atoms with van der Waals surface area (Å²) in [5.74, 6) is 0.703. The molecule has 0 spiro atoms. The van der Waals surface area contributed by atoms with Crippen molar-refractivity contribution in [2.75, 3.05) is 36.2 Å². The van der Waals surface area contributed by atoms with E-state index in [-0.39, 0.29) is 34.9 Å². The molecule has 0 radical (unpaired) electrons. The van der Waals surface area contributed by atoms with Crippen LogP contribution in [0.4, 0.5) is 24.7 Å². The fourth-order valence-corrected chi connectivity index (χ4v) is 5.84. The van der Waals surface area contributed by atoms with Crippen molar-refractivity contribution in [3.8, 4) is 0 Å². The number of sulfone groups is 1. The van der Waals surface area contributed by atoms with E-state index in [1.807, 2.05) is 6.07 Å². The molecule has 0 aliphatic carbocycles. The minimum atomic E-state index is -4.35. The van der Waals surface area contributed by atoms with Gasteiger partial charge in [-0.3, -0.25) is 4.79 Å². The van der Waals surface area contributed by atoms with Crippen molar-refractivity contribution in [1.29, 1.82) is 0 Å². The van der Waals surface area contributed by atoms with Crippen LogP contribution in [-0.4, -0.2) is 51.4 Å². The van der Waals surface area contributed by atoms with Crippen LogP contribution in [0.3, 0.4) is 0 Å². The van der Waals surface area contributed by atoms with Crippen LogP contribution in [0.15, 0.2) is 71.8 Å². The number of rotatable bonds is 10. The van der Waals surface area contributed by atoms with E-state index in [4.69, 9.17) is 4.74 Å². The molecule has 4 rings (SSSR count). The predicted molar refractivity (Wildman–Crippen MR) is 147 cm³/mol. The Labute approximate surface area is 232 Å². The number of ether oxygens (including phenoxy) is 1. The van der Waals surface area contributed by atoms with Gasteiger partial charge in [-0.25, -0.2) is 13.4 Å². The van der Waals surface area contributed by atoms with Gasteiger partial charge in [0.15, 0.2) is 9.84 Å². The molecule has 11 heteroatoms. The van der Waals surface area contributed by atoms with E-state index in [0.717, 1.165) is 29.9 Å². The summed E-state index contributed by atoms with van der Waals surface area (Å²) < 4.78 is 68.0. The fraction of sp³-hybridized carbons (Fsp3) is 0.379. The van der Waals surface area contributed by atoms with Gasteiger partial charge in [-0.2, -0.15) is 13.2 Å². The summed E-state index contributed by atoms with van der Waals surface area (Å²) in [5, 5.41) is 2.81. The maximum atomic E-state index is 12.9. The average molecular weight is 576 g/mol. The maximum absolute atomic E-state index is 12.9. The number of nitrogens with one attached hydrogen (secondary N) is 1. The van der Waals surface area contributed by atoms with Crippen LogP contribution < -0.4 is 10.2 Å². The second-order valence-corrected chi connectivity index (χ2v) is 12.2. The molecule has 7 nitrogen and oxygen atoms in total. The Hall–Kier alpha value is -3.44. The largest absolute Gasteiger partial charge is 0.416 e. The van der Waals surface area contributed by atoms with Crippen LogP contribution in [0.1, 0.15) is 30.0 Å². The van der Waals surface area contributed by atoms with E-state index >= 15 is 0 Å². The third kappa shape index (κ3) is 7.39. The van der Waals surface area contributed by atoms with Gasteiger partial charge in [0.25, 0.3) is 0 Å². The molecule has 40 heavy (non-hydrogen) atoms. The maximum Gasteiger partial charge on any atom is 0.416 e. The molecule has 1 aliphatic rings. The van der Waals surface area contributed by atoms with Crippen LogP contribution >= 0.6 is 0 Å². The van der Waals surface area contributed by atoms with E-state index in [0.29, 0.717) is 30.8 Å². The lowest BCUT2D eigenvalue weighted by Crippen LogP contribution is -2.33. The van der Waals surface area contributed by atoms with Crippen LogP contribution in [-0.2, 0) is 38.4 Å². The van der Waals surface area contributed by atoms with Crippen molar-refractivity contribution in [2.45, 2.75) is 43.3 Å². The molecule has 1 amide bonds. The van der Waals surface area contributed by atoms with Gasteiger partial charge in [0.05, 0.1) is 47.2 Å². The van der Waals surface area contributed by atoms with E-state index in [9.17, 15) is 26.4 Å². The first-order valence-electron chi connectivity index (χ1n) is 13.0. The third-order valence-electron chi connectivity index (χ3n) is 7.02. The van der Waals surface area contributed by atoms with Crippen LogP contribution in [0.25, 0.3) is 0 Å². The van der Waals surface area contributed by atoms with E-state index in [2.05, 4.69) is 15.2 Å².